The van der Waals surface area contributed by atoms with E-state index in [9.17, 15) is 9.90 Å². The third-order valence-corrected chi connectivity index (χ3v) is 2.60. The van der Waals surface area contributed by atoms with Gasteiger partial charge in [-0.1, -0.05) is 26.7 Å². The second-order valence-corrected chi connectivity index (χ2v) is 5.31. The molecule has 2 heterocycles. The molecule has 0 saturated heterocycles. The van der Waals surface area contributed by atoms with E-state index in [-0.39, 0.29) is 23.4 Å². The van der Waals surface area contributed by atoms with Gasteiger partial charge in [0, 0.05) is 17.2 Å². The highest BCUT2D eigenvalue weighted by molar-refractivity contribution is 5.94. The molecule has 0 aliphatic heterocycles. The van der Waals surface area contributed by atoms with Crippen molar-refractivity contribution in [3.05, 3.63) is 17.8 Å². The molecule has 0 bridgehead atoms. The monoisotopic (exact) mass is 270 g/mol. The van der Waals surface area contributed by atoms with E-state index in [0.717, 1.165) is 0 Å². The summed E-state index contributed by atoms with van der Waals surface area (Å²) >= 11 is 0. The third-order valence-electron chi connectivity index (χ3n) is 2.60. The number of terminal acetylenes is 1. The summed E-state index contributed by atoms with van der Waals surface area (Å²) in [5.41, 5.74) is 0.192. The number of aromatic hydroxyl groups is 1. The zero-order valence-electron chi connectivity index (χ0n) is 11.4. The van der Waals surface area contributed by atoms with Crippen molar-refractivity contribution in [2.45, 2.75) is 20.8 Å². The Kier molecular flexibility index (Phi) is 3.28. The van der Waals surface area contributed by atoms with Crippen LogP contribution in [0.3, 0.4) is 0 Å². The molecule has 0 atom stereocenters. The highest BCUT2D eigenvalue weighted by Gasteiger charge is 2.22. The zero-order chi connectivity index (χ0) is 14.9. The van der Waals surface area contributed by atoms with Crippen molar-refractivity contribution in [3.63, 3.8) is 0 Å². The third kappa shape index (κ3) is 2.67. The van der Waals surface area contributed by atoms with Gasteiger partial charge < -0.3 is 5.11 Å². The van der Waals surface area contributed by atoms with Gasteiger partial charge in [-0.3, -0.25) is 10.1 Å². The molecule has 0 radical (unpaired) electrons. The number of carbonyl (C=O) groups excluding carboxylic acids is 1. The van der Waals surface area contributed by atoms with Gasteiger partial charge in [0.1, 0.15) is 0 Å². The molecule has 6 heteroatoms. The fraction of sp³-hybridized carbons (Fsp3) is 0.286. The van der Waals surface area contributed by atoms with E-state index < -0.39 is 5.41 Å². The largest absolute Gasteiger partial charge is 0.493 e. The van der Waals surface area contributed by atoms with E-state index in [4.69, 9.17) is 6.42 Å². The maximum absolute atomic E-state index is 11.9. The van der Waals surface area contributed by atoms with Crippen molar-refractivity contribution in [2.24, 2.45) is 5.41 Å². The van der Waals surface area contributed by atoms with Crippen LogP contribution in [0.1, 0.15) is 26.3 Å². The van der Waals surface area contributed by atoms with Crippen molar-refractivity contribution >= 4 is 22.9 Å². The number of nitrogens with zero attached hydrogens (tertiary/aromatic N) is 3. The standard InChI is InChI=1S/C14H14N4O2/c1-5-8-6-9-10(15-7-8)16-13(17-11(9)19)18-12(20)14(2,3)4/h1,6-7H,2-4H3,(H2,15,16,17,18,19,20). The first-order chi connectivity index (χ1) is 9.31. The highest BCUT2D eigenvalue weighted by atomic mass is 16.3. The van der Waals surface area contributed by atoms with Gasteiger partial charge in [0.05, 0.1) is 5.39 Å². The Hall–Kier alpha value is -2.68. The topological polar surface area (TPSA) is 88.0 Å². The number of fused-ring (bicyclic) bond motifs is 1. The predicted molar refractivity (Wildman–Crippen MR) is 75.0 cm³/mol. The van der Waals surface area contributed by atoms with E-state index in [1.165, 1.54) is 6.20 Å². The minimum absolute atomic E-state index is 0.0101. The van der Waals surface area contributed by atoms with Crippen molar-refractivity contribution < 1.29 is 9.90 Å². The Balaban J connectivity index is 2.44. The normalized spacial score (nSPS) is 11.1. The molecule has 0 aliphatic rings. The van der Waals surface area contributed by atoms with Gasteiger partial charge >= 0.3 is 0 Å². The fourth-order valence-electron chi connectivity index (χ4n) is 1.42. The number of carbonyl (C=O) groups is 1. The van der Waals surface area contributed by atoms with E-state index in [1.54, 1.807) is 26.8 Å². The molecule has 2 aromatic heterocycles. The Morgan fingerprint density at radius 1 is 1.40 bits per heavy atom. The summed E-state index contributed by atoms with van der Waals surface area (Å²) in [6.07, 6.45) is 6.73. The molecule has 1 amide bonds. The lowest BCUT2D eigenvalue weighted by molar-refractivity contribution is -0.123. The van der Waals surface area contributed by atoms with Gasteiger partial charge in [-0.2, -0.15) is 9.97 Å². The maximum Gasteiger partial charge on any atom is 0.234 e. The summed E-state index contributed by atoms with van der Waals surface area (Å²) in [6.45, 7) is 5.29. The lowest BCUT2D eigenvalue weighted by Crippen LogP contribution is -2.28. The first-order valence-corrected chi connectivity index (χ1v) is 5.96. The van der Waals surface area contributed by atoms with Gasteiger partial charge in [0.25, 0.3) is 0 Å². The number of hydrogen-bond donors (Lipinski definition) is 2. The van der Waals surface area contributed by atoms with Crippen LogP contribution in [0.15, 0.2) is 12.3 Å². The number of anilines is 1. The number of nitrogens with one attached hydrogen (secondary N) is 1. The molecule has 0 aliphatic carbocycles. The van der Waals surface area contributed by atoms with Crippen molar-refractivity contribution in [2.75, 3.05) is 5.32 Å². The predicted octanol–water partition coefficient (Wildman–Crippen LogP) is 1.70. The van der Waals surface area contributed by atoms with Gasteiger partial charge in [-0.05, 0) is 6.07 Å². The Bertz CT molecular complexity index is 726. The van der Waals surface area contributed by atoms with Crippen LogP contribution in [0.2, 0.25) is 0 Å². The van der Waals surface area contributed by atoms with Gasteiger partial charge in [0.2, 0.25) is 17.7 Å². The summed E-state index contributed by atoms with van der Waals surface area (Å²) in [5, 5.41) is 12.8. The second-order valence-electron chi connectivity index (χ2n) is 5.31. The maximum atomic E-state index is 11.9. The van der Waals surface area contributed by atoms with Crippen LogP contribution in [-0.4, -0.2) is 26.0 Å². The van der Waals surface area contributed by atoms with Crippen LogP contribution >= 0.6 is 0 Å². The SMILES string of the molecule is C#Cc1cnc2nc(NC(=O)C(C)(C)C)nc(O)c2c1. The summed E-state index contributed by atoms with van der Waals surface area (Å²) in [4.78, 5) is 23.8. The minimum Gasteiger partial charge on any atom is -0.493 e. The molecule has 0 aromatic carbocycles. The molecule has 102 valence electrons. The quantitative estimate of drug-likeness (QED) is 0.770. The van der Waals surface area contributed by atoms with E-state index >= 15 is 0 Å². The first kappa shape index (κ1) is 13.7. The lowest BCUT2D eigenvalue weighted by Gasteiger charge is -2.16. The number of amides is 1. The first-order valence-electron chi connectivity index (χ1n) is 5.96. The molecule has 0 fully saturated rings. The van der Waals surface area contributed by atoms with Gasteiger partial charge in [-0.25, -0.2) is 4.98 Å². The number of aromatic nitrogens is 3. The summed E-state index contributed by atoms with van der Waals surface area (Å²) < 4.78 is 0. The van der Waals surface area contributed by atoms with Crippen LogP contribution in [0.4, 0.5) is 5.95 Å². The Morgan fingerprint density at radius 3 is 2.70 bits per heavy atom. The van der Waals surface area contributed by atoms with E-state index in [0.29, 0.717) is 10.9 Å². The van der Waals surface area contributed by atoms with E-state index in [1.807, 2.05) is 0 Å². The summed E-state index contributed by atoms with van der Waals surface area (Å²) in [6, 6.07) is 1.56. The average molecular weight is 270 g/mol. The Labute approximate surface area is 116 Å². The van der Waals surface area contributed by atoms with Gasteiger partial charge in [0.15, 0.2) is 5.65 Å². The molecule has 0 unspecified atom stereocenters. The highest BCUT2D eigenvalue weighted by Crippen LogP contribution is 2.23. The molecule has 2 rings (SSSR count). The van der Waals surface area contributed by atoms with Gasteiger partial charge in [-0.15, -0.1) is 6.42 Å². The molecule has 2 N–H and O–H groups in total. The van der Waals surface area contributed by atoms with Crippen LogP contribution in [0, 0.1) is 17.8 Å². The van der Waals surface area contributed by atoms with Crippen LogP contribution in [-0.2, 0) is 4.79 Å². The van der Waals surface area contributed by atoms with Crippen LogP contribution < -0.4 is 5.32 Å². The fourth-order valence-corrected chi connectivity index (χ4v) is 1.42. The lowest BCUT2D eigenvalue weighted by atomic mass is 9.96. The smallest absolute Gasteiger partial charge is 0.234 e. The molecular formula is C14H14N4O2. The molecule has 0 spiro atoms. The zero-order valence-corrected chi connectivity index (χ0v) is 11.4. The average Bonchev–Trinajstić information content (AvgIpc) is 2.37. The number of hydrogen-bond acceptors (Lipinski definition) is 5. The molecule has 0 saturated carbocycles. The van der Waals surface area contributed by atoms with E-state index in [2.05, 4.69) is 26.2 Å². The summed E-state index contributed by atoms with van der Waals surface area (Å²) in [5.74, 6) is 1.90. The van der Waals surface area contributed by atoms with Crippen LogP contribution in [0.5, 0.6) is 5.88 Å². The number of pyridine rings is 1. The minimum atomic E-state index is -0.589. The molecule has 6 nitrogen and oxygen atoms in total. The molecule has 20 heavy (non-hydrogen) atoms. The summed E-state index contributed by atoms with van der Waals surface area (Å²) in [7, 11) is 0. The molecule has 2 aromatic rings. The number of rotatable bonds is 1. The second kappa shape index (κ2) is 4.78. The Morgan fingerprint density at radius 2 is 2.10 bits per heavy atom. The van der Waals surface area contributed by atoms with Crippen LogP contribution in [0.25, 0.3) is 11.0 Å². The van der Waals surface area contributed by atoms with Crippen molar-refractivity contribution in [3.8, 4) is 18.2 Å². The van der Waals surface area contributed by atoms with Crippen molar-refractivity contribution in [1.29, 1.82) is 0 Å². The van der Waals surface area contributed by atoms with Crippen molar-refractivity contribution in [1.82, 2.24) is 15.0 Å². The molecular weight excluding hydrogens is 256 g/mol.